The lowest BCUT2D eigenvalue weighted by Gasteiger charge is -2.10. The normalized spacial score (nSPS) is 10.8. The van der Waals surface area contributed by atoms with Crippen molar-refractivity contribution in [3.8, 4) is 45.5 Å². The molecular weight excluding hydrogens is 370 g/mol. The molecule has 0 aliphatic rings. The summed E-state index contributed by atoms with van der Waals surface area (Å²) in [5.74, 6) is -0.975. The standard InChI is InChI=1S/C22H17N3O4/c23-22(29)14-7-5-13(6-8-14)16-12-18(15-9-10-20(27)21(28)11-15)25(24-16)17-3-1-2-4-19(17)26/h1-12,26-28H,(H2,23,29). The molecule has 0 radical (unpaired) electrons. The van der Waals surface area contributed by atoms with E-state index in [-0.39, 0.29) is 17.2 Å². The van der Waals surface area contributed by atoms with Crippen LogP contribution in [0.1, 0.15) is 10.4 Å². The van der Waals surface area contributed by atoms with Crippen LogP contribution in [-0.2, 0) is 0 Å². The molecule has 1 amide bonds. The predicted octanol–water partition coefficient (Wildman–Crippen LogP) is 3.42. The minimum absolute atomic E-state index is 0.0375. The number of rotatable bonds is 4. The molecule has 29 heavy (non-hydrogen) atoms. The second kappa shape index (κ2) is 7.05. The third-order valence-corrected chi connectivity index (χ3v) is 4.56. The van der Waals surface area contributed by atoms with E-state index in [1.165, 1.54) is 12.1 Å². The van der Waals surface area contributed by atoms with Crippen molar-refractivity contribution in [1.82, 2.24) is 9.78 Å². The maximum Gasteiger partial charge on any atom is 0.248 e. The summed E-state index contributed by atoms with van der Waals surface area (Å²) in [6.07, 6.45) is 0. The van der Waals surface area contributed by atoms with Gasteiger partial charge in [-0.2, -0.15) is 5.10 Å². The molecule has 1 aromatic heterocycles. The average Bonchev–Trinajstić information content (AvgIpc) is 3.15. The smallest absolute Gasteiger partial charge is 0.248 e. The third-order valence-electron chi connectivity index (χ3n) is 4.56. The van der Waals surface area contributed by atoms with Gasteiger partial charge in [0, 0.05) is 16.7 Å². The molecule has 0 fully saturated rings. The number of carbonyl (C=O) groups is 1. The van der Waals surface area contributed by atoms with Gasteiger partial charge in [0.2, 0.25) is 5.91 Å². The van der Waals surface area contributed by atoms with E-state index >= 15 is 0 Å². The Morgan fingerprint density at radius 1 is 0.793 bits per heavy atom. The van der Waals surface area contributed by atoms with Crippen LogP contribution in [0.25, 0.3) is 28.2 Å². The Labute approximate surface area is 165 Å². The van der Waals surface area contributed by atoms with Crippen molar-refractivity contribution < 1.29 is 20.1 Å². The zero-order valence-corrected chi connectivity index (χ0v) is 15.1. The van der Waals surface area contributed by atoms with Crippen LogP contribution in [-0.4, -0.2) is 31.0 Å². The average molecular weight is 387 g/mol. The number of nitrogens with zero attached hydrogens (tertiary/aromatic N) is 2. The number of hydrogen-bond acceptors (Lipinski definition) is 5. The number of benzene rings is 3. The molecule has 1 heterocycles. The topological polar surface area (TPSA) is 122 Å². The Kier molecular flexibility index (Phi) is 4.40. The summed E-state index contributed by atoms with van der Waals surface area (Å²) in [7, 11) is 0. The second-order valence-corrected chi connectivity index (χ2v) is 6.46. The first-order valence-electron chi connectivity index (χ1n) is 8.75. The highest BCUT2D eigenvalue weighted by atomic mass is 16.3. The highest BCUT2D eigenvalue weighted by Crippen LogP contribution is 2.35. The molecule has 0 spiro atoms. The van der Waals surface area contributed by atoms with Gasteiger partial charge < -0.3 is 21.1 Å². The van der Waals surface area contributed by atoms with Gasteiger partial charge in [-0.1, -0.05) is 24.3 Å². The lowest BCUT2D eigenvalue weighted by atomic mass is 10.1. The van der Waals surface area contributed by atoms with E-state index in [9.17, 15) is 20.1 Å². The van der Waals surface area contributed by atoms with Crippen LogP contribution in [0.2, 0.25) is 0 Å². The first kappa shape index (κ1) is 18.1. The number of phenolic OH excluding ortho intramolecular Hbond substituents is 3. The molecule has 4 aromatic rings. The fourth-order valence-corrected chi connectivity index (χ4v) is 3.04. The fraction of sp³-hybridized carbons (Fsp3) is 0. The number of aromatic hydroxyl groups is 3. The summed E-state index contributed by atoms with van der Waals surface area (Å²) >= 11 is 0. The molecule has 0 unspecified atom stereocenters. The molecule has 3 aromatic carbocycles. The van der Waals surface area contributed by atoms with E-state index in [0.717, 1.165) is 5.56 Å². The number of para-hydroxylation sites is 2. The van der Waals surface area contributed by atoms with Gasteiger partial charge in [0.15, 0.2) is 11.5 Å². The van der Waals surface area contributed by atoms with Crippen LogP contribution in [0.3, 0.4) is 0 Å². The largest absolute Gasteiger partial charge is 0.506 e. The van der Waals surface area contributed by atoms with Gasteiger partial charge in [-0.25, -0.2) is 4.68 Å². The van der Waals surface area contributed by atoms with Gasteiger partial charge in [-0.05, 0) is 48.5 Å². The van der Waals surface area contributed by atoms with Crippen molar-refractivity contribution in [3.05, 3.63) is 78.4 Å². The quantitative estimate of drug-likeness (QED) is 0.400. The van der Waals surface area contributed by atoms with Crippen molar-refractivity contribution in [1.29, 1.82) is 0 Å². The first-order chi connectivity index (χ1) is 13.9. The SMILES string of the molecule is NC(=O)c1ccc(-c2cc(-c3ccc(O)c(O)c3)n(-c3ccccc3O)n2)cc1. The Morgan fingerprint density at radius 2 is 1.48 bits per heavy atom. The van der Waals surface area contributed by atoms with Crippen LogP contribution >= 0.6 is 0 Å². The van der Waals surface area contributed by atoms with Crippen LogP contribution in [0.5, 0.6) is 17.2 Å². The van der Waals surface area contributed by atoms with E-state index in [1.807, 2.05) is 0 Å². The van der Waals surface area contributed by atoms with E-state index in [0.29, 0.717) is 28.2 Å². The molecule has 0 aliphatic carbocycles. The summed E-state index contributed by atoms with van der Waals surface area (Å²) < 4.78 is 1.55. The summed E-state index contributed by atoms with van der Waals surface area (Å²) in [5, 5.41) is 34.5. The number of hydrogen-bond donors (Lipinski definition) is 4. The second-order valence-electron chi connectivity index (χ2n) is 6.46. The maximum absolute atomic E-state index is 11.3. The maximum atomic E-state index is 11.3. The van der Waals surface area contributed by atoms with Crippen molar-refractivity contribution in [2.24, 2.45) is 5.73 Å². The summed E-state index contributed by atoms with van der Waals surface area (Å²) in [6, 6.07) is 19.7. The number of nitrogens with two attached hydrogens (primary N) is 1. The molecule has 7 heteroatoms. The summed E-state index contributed by atoms with van der Waals surface area (Å²) in [4.78, 5) is 11.3. The van der Waals surface area contributed by atoms with Crippen molar-refractivity contribution in [2.45, 2.75) is 0 Å². The Hall–Kier alpha value is -4.26. The van der Waals surface area contributed by atoms with E-state index in [2.05, 4.69) is 5.10 Å². The minimum Gasteiger partial charge on any atom is -0.506 e. The van der Waals surface area contributed by atoms with Crippen molar-refractivity contribution in [2.75, 3.05) is 0 Å². The third kappa shape index (κ3) is 3.37. The first-order valence-corrected chi connectivity index (χ1v) is 8.75. The monoisotopic (exact) mass is 387 g/mol. The number of aromatic nitrogens is 2. The van der Waals surface area contributed by atoms with Crippen LogP contribution in [0.4, 0.5) is 0 Å². The zero-order chi connectivity index (χ0) is 20.5. The summed E-state index contributed by atoms with van der Waals surface area (Å²) in [6.45, 7) is 0. The van der Waals surface area contributed by atoms with Gasteiger partial charge in [-0.15, -0.1) is 0 Å². The van der Waals surface area contributed by atoms with E-state index in [1.54, 1.807) is 65.3 Å². The molecule has 0 atom stereocenters. The Bertz CT molecular complexity index is 1210. The van der Waals surface area contributed by atoms with Crippen LogP contribution in [0.15, 0.2) is 72.8 Å². The van der Waals surface area contributed by atoms with E-state index in [4.69, 9.17) is 5.73 Å². The van der Waals surface area contributed by atoms with Gasteiger partial charge in [-0.3, -0.25) is 4.79 Å². The highest BCUT2D eigenvalue weighted by molar-refractivity contribution is 5.93. The number of carbonyl (C=O) groups excluding carboxylic acids is 1. The van der Waals surface area contributed by atoms with Gasteiger partial charge in [0.1, 0.15) is 11.4 Å². The van der Waals surface area contributed by atoms with Gasteiger partial charge in [0.25, 0.3) is 0 Å². The highest BCUT2D eigenvalue weighted by Gasteiger charge is 2.16. The lowest BCUT2D eigenvalue weighted by Crippen LogP contribution is -2.10. The van der Waals surface area contributed by atoms with Crippen LogP contribution < -0.4 is 5.73 Å². The molecule has 4 rings (SSSR count). The van der Waals surface area contributed by atoms with Crippen molar-refractivity contribution >= 4 is 5.91 Å². The molecule has 0 saturated heterocycles. The molecule has 0 bridgehead atoms. The van der Waals surface area contributed by atoms with Crippen LogP contribution in [0, 0.1) is 0 Å². The zero-order valence-electron chi connectivity index (χ0n) is 15.1. The molecule has 5 N–H and O–H groups in total. The Morgan fingerprint density at radius 3 is 2.14 bits per heavy atom. The number of amides is 1. The number of phenols is 3. The molecule has 7 nitrogen and oxygen atoms in total. The Balaban J connectivity index is 1.90. The summed E-state index contributed by atoms with van der Waals surface area (Å²) in [5.41, 5.74) is 8.66. The number of primary amides is 1. The van der Waals surface area contributed by atoms with Crippen molar-refractivity contribution in [3.63, 3.8) is 0 Å². The molecular formula is C22H17N3O4. The molecule has 0 saturated carbocycles. The fourth-order valence-electron chi connectivity index (χ4n) is 3.04. The minimum atomic E-state index is -0.517. The van der Waals surface area contributed by atoms with Gasteiger partial charge in [0.05, 0.1) is 11.4 Å². The molecule has 144 valence electrons. The molecule has 0 aliphatic heterocycles. The predicted molar refractivity (Wildman–Crippen MR) is 108 cm³/mol. The lowest BCUT2D eigenvalue weighted by molar-refractivity contribution is 0.100. The van der Waals surface area contributed by atoms with E-state index < -0.39 is 5.91 Å². The van der Waals surface area contributed by atoms with Gasteiger partial charge >= 0.3 is 0 Å².